The fraction of sp³-hybridized carbons (Fsp3) is 0.846. The lowest BCUT2D eigenvalue weighted by atomic mass is 9.77. The third-order valence-electron chi connectivity index (χ3n) is 3.64. The number of carbonyl (C=O) groups excluding carboxylic acids is 1. The minimum Gasteiger partial charge on any atom is -0.481 e. The number of hydrogen-bond acceptors (Lipinski definition) is 3. The summed E-state index contributed by atoms with van der Waals surface area (Å²) < 4.78 is 0. The second-order valence-corrected chi connectivity index (χ2v) is 5.74. The summed E-state index contributed by atoms with van der Waals surface area (Å²) in [5.41, 5.74) is -0.0314. The fourth-order valence-electron chi connectivity index (χ4n) is 2.43. The largest absolute Gasteiger partial charge is 0.481 e. The maximum Gasteiger partial charge on any atom is 0.303 e. The molecule has 0 aliphatic carbocycles. The third-order valence-corrected chi connectivity index (χ3v) is 3.64. The summed E-state index contributed by atoms with van der Waals surface area (Å²) in [6, 6.07) is -0.152. The van der Waals surface area contributed by atoms with E-state index in [4.69, 9.17) is 5.11 Å². The smallest absolute Gasteiger partial charge is 0.303 e. The number of rotatable bonds is 5. The summed E-state index contributed by atoms with van der Waals surface area (Å²) in [6.45, 7) is 5.59. The molecule has 5 nitrogen and oxygen atoms in total. The maximum absolute atomic E-state index is 12.3. The van der Waals surface area contributed by atoms with Crippen molar-refractivity contribution in [3.8, 4) is 0 Å². The molecule has 1 aliphatic rings. The standard InChI is InChI=1S/C13H24N2O3/c1-13(2)7-5-8-14-11(13)12(18)15(3)9-4-6-10(16)17/h11,14H,4-9H2,1-3H3,(H,16,17). The Balaban J connectivity index is 2.49. The molecule has 1 amide bonds. The van der Waals surface area contributed by atoms with Crippen LogP contribution in [0, 0.1) is 5.41 Å². The Labute approximate surface area is 109 Å². The number of carboxylic acid groups (broad SMARTS) is 1. The van der Waals surface area contributed by atoms with Crippen LogP contribution in [0.3, 0.4) is 0 Å². The van der Waals surface area contributed by atoms with Crippen LogP contribution in [0.25, 0.3) is 0 Å². The summed E-state index contributed by atoms with van der Waals surface area (Å²) in [5.74, 6) is -0.739. The predicted molar refractivity (Wildman–Crippen MR) is 69.3 cm³/mol. The first-order valence-corrected chi connectivity index (χ1v) is 6.55. The molecule has 5 heteroatoms. The lowest BCUT2D eigenvalue weighted by molar-refractivity contribution is -0.139. The topological polar surface area (TPSA) is 69.6 Å². The van der Waals surface area contributed by atoms with Gasteiger partial charge >= 0.3 is 5.97 Å². The van der Waals surface area contributed by atoms with Gasteiger partial charge in [0.2, 0.25) is 5.91 Å². The summed E-state index contributed by atoms with van der Waals surface area (Å²) in [7, 11) is 1.75. The zero-order chi connectivity index (χ0) is 13.8. The van der Waals surface area contributed by atoms with Crippen LogP contribution < -0.4 is 5.32 Å². The van der Waals surface area contributed by atoms with Gasteiger partial charge in [-0.05, 0) is 31.2 Å². The first kappa shape index (κ1) is 15.0. The van der Waals surface area contributed by atoms with Gasteiger partial charge in [-0.15, -0.1) is 0 Å². The van der Waals surface area contributed by atoms with Crippen molar-refractivity contribution in [1.82, 2.24) is 10.2 Å². The molecule has 0 spiro atoms. The number of amides is 1. The van der Waals surface area contributed by atoms with E-state index < -0.39 is 5.97 Å². The molecule has 1 unspecified atom stereocenters. The first-order chi connectivity index (χ1) is 8.34. The van der Waals surface area contributed by atoms with E-state index in [1.807, 2.05) is 0 Å². The molecule has 1 aliphatic heterocycles. The average molecular weight is 256 g/mol. The number of likely N-dealkylation sites (N-methyl/N-ethyl adjacent to an activating group) is 1. The van der Waals surface area contributed by atoms with Crippen LogP contribution in [0.1, 0.15) is 39.5 Å². The van der Waals surface area contributed by atoms with Gasteiger partial charge in [0, 0.05) is 20.0 Å². The van der Waals surface area contributed by atoms with Crippen molar-refractivity contribution in [1.29, 1.82) is 0 Å². The molecule has 0 radical (unpaired) electrons. The highest BCUT2D eigenvalue weighted by Gasteiger charge is 2.38. The average Bonchev–Trinajstić information content (AvgIpc) is 2.27. The van der Waals surface area contributed by atoms with Crippen molar-refractivity contribution in [2.45, 2.75) is 45.6 Å². The van der Waals surface area contributed by atoms with E-state index in [9.17, 15) is 9.59 Å². The molecule has 2 N–H and O–H groups in total. The van der Waals surface area contributed by atoms with Gasteiger partial charge < -0.3 is 15.3 Å². The van der Waals surface area contributed by atoms with Gasteiger partial charge in [-0.3, -0.25) is 9.59 Å². The van der Waals surface area contributed by atoms with Crippen molar-refractivity contribution in [3.63, 3.8) is 0 Å². The Hall–Kier alpha value is -1.10. The van der Waals surface area contributed by atoms with Crippen molar-refractivity contribution >= 4 is 11.9 Å². The highest BCUT2D eigenvalue weighted by molar-refractivity contribution is 5.82. The molecule has 0 aromatic heterocycles. The highest BCUT2D eigenvalue weighted by atomic mass is 16.4. The molecule has 1 rings (SSSR count). The van der Waals surface area contributed by atoms with Gasteiger partial charge in [-0.1, -0.05) is 13.8 Å². The lowest BCUT2D eigenvalue weighted by Gasteiger charge is -2.40. The molecule has 1 saturated heterocycles. The summed E-state index contributed by atoms with van der Waals surface area (Å²) in [4.78, 5) is 24.4. The monoisotopic (exact) mass is 256 g/mol. The number of piperidine rings is 1. The predicted octanol–water partition coefficient (Wildman–Crippen LogP) is 1.09. The van der Waals surface area contributed by atoms with Crippen molar-refractivity contribution < 1.29 is 14.7 Å². The highest BCUT2D eigenvalue weighted by Crippen LogP contribution is 2.30. The van der Waals surface area contributed by atoms with Crippen LogP contribution in [0.2, 0.25) is 0 Å². The van der Waals surface area contributed by atoms with E-state index in [1.165, 1.54) is 0 Å². The molecular formula is C13H24N2O3. The van der Waals surface area contributed by atoms with Gasteiger partial charge in [-0.2, -0.15) is 0 Å². The molecule has 18 heavy (non-hydrogen) atoms. The number of nitrogens with one attached hydrogen (secondary N) is 1. The third kappa shape index (κ3) is 3.98. The normalized spacial score (nSPS) is 22.5. The molecule has 0 saturated carbocycles. The minimum atomic E-state index is -0.813. The van der Waals surface area contributed by atoms with Gasteiger partial charge in [0.25, 0.3) is 0 Å². The maximum atomic E-state index is 12.3. The Morgan fingerprint density at radius 1 is 1.44 bits per heavy atom. The van der Waals surface area contributed by atoms with E-state index in [-0.39, 0.29) is 23.8 Å². The molecule has 0 aromatic rings. The molecule has 1 fully saturated rings. The zero-order valence-electron chi connectivity index (χ0n) is 11.5. The van der Waals surface area contributed by atoms with E-state index in [1.54, 1.807) is 11.9 Å². The summed E-state index contributed by atoms with van der Waals surface area (Å²) in [6.07, 6.45) is 2.75. The SMILES string of the molecule is CN(CCCC(=O)O)C(=O)C1NCCCC1(C)C. The zero-order valence-corrected chi connectivity index (χ0v) is 11.5. The van der Waals surface area contributed by atoms with E-state index in [2.05, 4.69) is 19.2 Å². The van der Waals surface area contributed by atoms with Crippen LogP contribution in [0.4, 0.5) is 0 Å². The number of aliphatic carboxylic acids is 1. The molecule has 0 bridgehead atoms. The van der Waals surface area contributed by atoms with Crippen molar-refractivity contribution in [3.05, 3.63) is 0 Å². The number of carboxylic acids is 1. The Bertz CT molecular complexity index is 315. The van der Waals surface area contributed by atoms with Crippen LogP contribution in [0.15, 0.2) is 0 Å². The van der Waals surface area contributed by atoms with E-state index >= 15 is 0 Å². The first-order valence-electron chi connectivity index (χ1n) is 6.55. The number of carbonyl (C=O) groups is 2. The summed E-state index contributed by atoms with van der Waals surface area (Å²) in [5, 5.41) is 11.9. The van der Waals surface area contributed by atoms with E-state index in [0.29, 0.717) is 13.0 Å². The molecular weight excluding hydrogens is 232 g/mol. The Morgan fingerprint density at radius 2 is 2.11 bits per heavy atom. The Morgan fingerprint density at radius 3 is 2.67 bits per heavy atom. The van der Waals surface area contributed by atoms with Gasteiger partial charge in [0.15, 0.2) is 0 Å². The van der Waals surface area contributed by atoms with Gasteiger partial charge in [0.1, 0.15) is 0 Å². The van der Waals surface area contributed by atoms with E-state index in [0.717, 1.165) is 19.4 Å². The van der Waals surface area contributed by atoms with Crippen LogP contribution in [-0.2, 0) is 9.59 Å². The lowest BCUT2D eigenvalue weighted by Crippen LogP contribution is -2.56. The van der Waals surface area contributed by atoms with Crippen molar-refractivity contribution in [2.75, 3.05) is 20.1 Å². The Kier molecular flexibility index (Phi) is 5.14. The van der Waals surface area contributed by atoms with Gasteiger partial charge in [0.05, 0.1) is 6.04 Å². The number of hydrogen-bond donors (Lipinski definition) is 2. The van der Waals surface area contributed by atoms with Crippen molar-refractivity contribution in [2.24, 2.45) is 5.41 Å². The van der Waals surface area contributed by atoms with Crippen LogP contribution in [-0.4, -0.2) is 48.1 Å². The molecule has 1 heterocycles. The quantitative estimate of drug-likeness (QED) is 0.772. The van der Waals surface area contributed by atoms with Gasteiger partial charge in [-0.25, -0.2) is 0 Å². The number of nitrogens with zero attached hydrogens (tertiary/aromatic N) is 1. The second kappa shape index (κ2) is 6.18. The molecule has 104 valence electrons. The molecule has 0 aromatic carbocycles. The summed E-state index contributed by atoms with van der Waals surface area (Å²) >= 11 is 0. The fourth-order valence-corrected chi connectivity index (χ4v) is 2.43. The molecule has 1 atom stereocenters. The second-order valence-electron chi connectivity index (χ2n) is 5.74. The van der Waals surface area contributed by atoms with Crippen LogP contribution in [0.5, 0.6) is 0 Å². The minimum absolute atomic E-state index is 0.0314. The van der Waals surface area contributed by atoms with Crippen LogP contribution >= 0.6 is 0 Å².